The zero-order valence-corrected chi connectivity index (χ0v) is 13.2. The first-order chi connectivity index (χ1) is 10.6. The average Bonchev–Trinajstić information content (AvgIpc) is 2.52. The maximum absolute atomic E-state index is 12.7. The van der Waals surface area contributed by atoms with E-state index in [1.54, 1.807) is 16.7 Å². The Morgan fingerprint density at radius 2 is 2.14 bits per heavy atom. The molecule has 1 heterocycles. The van der Waals surface area contributed by atoms with Crippen molar-refractivity contribution in [3.8, 4) is 0 Å². The van der Waals surface area contributed by atoms with E-state index in [0.29, 0.717) is 24.2 Å². The lowest BCUT2D eigenvalue weighted by atomic mass is 10.1. The van der Waals surface area contributed by atoms with E-state index in [9.17, 15) is 9.59 Å². The van der Waals surface area contributed by atoms with Gasteiger partial charge in [0.05, 0.1) is 0 Å². The molecular weight excluding hydrogens is 276 g/mol. The largest absolute Gasteiger partial charge is 0.347 e. The Bertz CT molecular complexity index is 760. The van der Waals surface area contributed by atoms with Crippen LogP contribution in [0, 0.1) is 6.92 Å². The molecule has 0 unspecified atom stereocenters. The zero-order chi connectivity index (χ0) is 16.1. The molecule has 4 nitrogen and oxygen atoms in total. The molecule has 116 valence electrons. The minimum atomic E-state index is -0.240. The Hall–Kier alpha value is -2.36. The number of aryl methyl sites for hydroxylation is 1. The number of rotatable bonds is 6. The fourth-order valence-electron chi connectivity index (χ4n) is 2.44. The summed E-state index contributed by atoms with van der Waals surface area (Å²) in [5.41, 5.74) is 1.35. The van der Waals surface area contributed by atoms with Crippen LogP contribution in [0.3, 0.4) is 0 Å². The first-order valence-corrected chi connectivity index (χ1v) is 7.61. The summed E-state index contributed by atoms with van der Waals surface area (Å²) in [6, 6.07) is 7.51. The second-order valence-corrected chi connectivity index (χ2v) is 5.43. The van der Waals surface area contributed by atoms with Crippen molar-refractivity contribution in [3.05, 3.63) is 58.5 Å². The number of unbranched alkanes of at least 4 members (excludes halogenated alkanes) is 1. The average molecular weight is 298 g/mol. The van der Waals surface area contributed by atoms with E-state index < -0.39 is 0 Å². The summed E-state index contributed by atoms with van der Waals surface area (Å²) >= 11 is 0. The lowest BCUT2D eigenvalue weighted by Gasteiger charge is -2.14. The van der Waals surface area contributed by atoms with Crippen LogP contribution in [0.25, 0.3) is 10.8 Å². The molecule has 0 saturated heterocycles. The van der Waals surface area contributed by atoms with Crippen LogP contribution < -0.4 is 10.9 Å². The van der Waals surface area contributed by atoms with Crippen molar-refractivity contribution in [3.63, 3.8) is 0 Å². The third-order valence-electron chi connectivity index (χ3n) is 3.64. The monoisotopic (exact) mass is 298 g/mol. The van der Waals surface area contributed by atoms with Gasteiger partial charge in [0.15, 0.2) is 0 Å². The fraction of sp³-hybridized carbons (Fsp3) is 0.333. The molecule has 1 aromatic carbocycles. The first-order valence-electron chi connectivity index (χ1n) is 7.61. The summed E-state index contributed by atoms with van der Waals surface area (Å²) in [5.74, 6) is -0.240. The molecule has 4 heteroatoms. The van der Waals surface area contributed by atoms with Gasteiger partial charge in [0.2, 0.25) is 0 Å². The summed E-state index contributed by atoms with van der Waals surface area (Å²) in [7, 11) is 0. The van der Waals surface area contributed by atoms with Crippen LogP contribution in [0.4, 0.5) is 0 Å². The van der Waals surface area contributed by atoms with E-state index in [0.717, 1.165) is 23.8 Å². The smallest absolute Gasteiger partial charge is 0.268 e. The summed E-state index contributed by atoms with van der Waals surface area (Å²) < 4.78 is 1.59. The van der Waals surface area contributed by atoms with E-state index >= 15 is 0 Å². The molecule has 2 aromatic rings. The van der Waals surface area contributed by atoms with Crippen molar-refractivity contribution in [2.45, 2.75) is 33.2 Å². The van der Waals surface area contributed by atoms with Crippen LogP contribution in [-0.2, 0) is 6.54 Å². The van der Waals surface area contributed by atoms with Crippen molar-refractivity contribution in [2.24, 2.45) is 0 Å². The number of hydrogen-bond donors (Lipinski definition) is 1. The number of carbonyl (C=O) groups is 1. The maximum Gasteiger partial charge on any atom is 0.268 e. The van der Waals surface area contributed by atoms with Gasteiger partial charge in [-0.3, -0.25) is 9.59 Å². The van der Waals surface area contributed by atoms with E-state index in [2.05, 4.69) is 18.8 Å². The Morgan fingerprint density at radius 3 is 2.82 bits per heavy atom. The summed E-state index contributed by atoms with van der Waals surface area (Å²) in [6.07, 6.45) is 3.45. The van der Waals surface area contributed by atoms with Crippen LogP contribution >= 0.6 is 0 Å². The Balaban J connectivity index is 2.61. The highest BCUT2D eigenvalue weighted by molar-refractivity contribution is 5.96. The van der Waals surface area contributed by atoms with E-state index in [1.165, 1.54) is 0 Å². The summed E-state index contributed by atoms with van der Waals surface area (Å²) in [6.45, 7) is 8.55. The molecule has 1 amide bonds. The third-order valence-corrected chi connectivity index (χ3v) is 3.64. The SMILES string of the molecule is C=CCNC(=O)c1cc2ccc(C)cc2c(=O)n1CCCC. The second kappa shape index (κ2) is 7.07. The normalized spacial score (nSPS) is 10.6. The highest BCUT2D eigenvalue weighted by Gasteiger charge is 2.14. The molecule has 1 N–H and O–H groups in total. The highest BCUT2D eigenvalue weighted by Crippen LogP contribution is 2.15. The number of benzene rings is 1. The number of aromatic nitrogens is 1. The molecule has 0 bridgehead atoms. The minimum absolute atomic E-state index is 0.0987. The van der Waals surface area contributed by atoms with Crippen molar-refractivity contribution < 1.29 is 4.79 Å². The second-order valence-electron chi connectivity index (χ2n) is 5.43. The lowest BCUT2D eigenvalue weighted by molar-refractivity contribution is 0.0947. The van der Waals surface area contributed by atoms with Crippen LogP contribution in [-0.4, -0.2) is 17.0 Å². The standard InChI is InChI=1S/C18H22N2O2/c1-4-6-10-20-16(17(21)19-9-5-2)12-14-8-7-13(3)11-15(14)18(20)22/h5,7-8,11-12H,2,4,6,9-10H2,1,3H3,(H,19,21). The van der Waals surface area contributed by atoms with Gasteiger partial charge in [-0.2, -0.15) is 0 Å². The number of amides is 1. The molecule has 0 aliphatic rings. The number of nitrogens with one attached hydrogen (secondary N) is 1. The maximum atomic E-state index is 12.7. The summed E-state index contributed by atoms with van der Waals surface area (Å²) in [5, 5.41) is 4.21. The molecule has 0 spiro atoms. The van der Waals surface area contributed by atoms with Gasteiger partial charge in [-0.25, -0.2) is 0 Å². The van der Waals surface area contributed by atoms with Gasteiger partial charge in [-0.05, 0) is 30.9 Å². The third kappa shape index (κ3) is 3.27. The molecule has 0 radical (unpaired) electrons. The van der Waals surface area contributed by atoms with Crippen molar-refractivity contribution >= 4 is 16.7 Å². The van der Waals surface area contributed by atoms with E-state index in [1.807, 2.05) is 25.1 Å². The number of hydrogen-bond acceptors (Lipinski definition) is 2. The van der Waals surface area contributed by atoms with Crippen molar-refractivity contribution in [1.29, 1.82) is 0 Å². The minimum Gasteiger partial charge on any atom is -0.347 e. The van der Waals surface area contributed by atoms with Crippen LogP contribution in [0.5, 0.6) is 0 Å². The molecule has 0 atom stereocenters. The van der Waals surface area contributed by atoms with Gasteiger partial charge in [0.25, 0.3) is 11.5 Å². The Morgan fingerprint density at radius 1 is 1.36 bits per heavy atom. The first kappa shape index (κ1) is 16.0. The molecule has 2 rings (SSSR count). The van der Waals surface area contributed by atoms with Crippen LogP contribution in [0.2, 0.25) is 0 Å². The van der Waals surface area contributed by atoms with Crippen LogP contribution in [0.15, 0.2) is 41.7 Å². The molecule has 22 heavy (non-hydrogen) atoms. The molecular formula is C18H22N2O2. The van der Waals surface area contributed by atoms with E-state index in [-0.39, 0.29) is 11.5 Å². The molecule has 0 aliphatic heterocycles. The van der Waals surface area contributed by atoms with Crippen LogP contribution in [0.1, 0.15) is 35.8 Å². The quantitative estimate of drug-likeness (QED) is 0.833. The number of fused-ring (bicyclic) bond motifs is 1. The topological polar surface area (TPSA) is 51.1 Å². The number of pyridine rings is 1. The predicted octanol–water partition coefficient (Wildman–Crippen LogP) is 3.03. The number of nitrogens with zero attached hydrogens (tertiary/aromatic N) is 1. The van der Waals surface area contributed by atoms with E-state index in [4.69, 9.17) is 0 Å². The van der Waals surface area contributed by atoms with Gasteiger partial charge in [0, 0.05) is 18.5 Å². The predicted molar refractivity (Wildman–Crippen MR) is 90.4 cm³/mol. The fourth-order valence-corrected chi connectivity index (χ4v) is 2.44. The van der Waals surface area contributed by atoms with Gasteiger partial charge in [0.1, 0.15) is 5.69 Å². The van der Waals surface area contributed by atoms with Crippen molar-refractivity contribution in [1.82, 2.24) is 9.88 Å². The van der Waals surface area contributed by atoms with Gasteiger partial charge in [-0.1, -0.05) is 37.1 Å². The molecule has 1 aromatic heterocycles. The highest BCUT2D eigenvalue weighted by atomic mass is 16.2. The molecule has 0 saturated carbocycles. The Kier molecular flexibility index (Phi) is 5.15. The summed E-state index contributed by atoms with van der Waals surface area (Å²) in [4.78, 5) is 25.1. The van der Waals surface area contributed by atoms with Crippen molar-refractivity contribution in [2.75, 3.05) is 6.54 Å². The van der Waals surface area contributed by atoms with Gasteiger partial charge in [-0.15, -0.1) is 6.58 Å². The molecule has 0 aliphatic carbocycles. The molecule has 0 fully saturated rings. The number of carbonyl (C=O) groups excluding carboxylic acids is 1. The Labute approximate surface area is 130 Å². The lowest BCUT2D eigenvalue weighted by Crippen LogP contribution is -2.32. The van der Waals surface area contributed by atoms with Gasteiger partial charge >= 0.3 is 0 Å². The van der Waals surface area contributed by atoms with Gasteiger partial charge < -0.3 is 9.88 Å². The zero-order valence-electron chi connectivity index (χ0n) is 13.2.